The Morgan fingerprint density at radius 1 is 1.06 bits per heavy atom. The Morgan fingerprint density at radius 3 is 2.39 bits per heavy atom. The molecule has 2 unspecified atom stereocenters. The van der Waals surface area contributed by atoms with E-state index in [4.69, 9.17) is 5.11 Å². The van der Waals surface area contributed by atoms with Crippen LogP contribution in [-0.4, -0.2) is 53.7 Å². The number of nitrogens with one attached hydrogen (secondary N) is 1. The number of anilines is 2. The fraction of sp³-hybridized carbons (Fsp3) is 0.444. The highest BCUT2D eigenvalue weighted by atomic mass is 16.4. The number of piperidine rings is 1. The molecular weight excluding hydrogens is 456 g/mol. The zero-order valence-electron chi connectivity index (χ0n) is 20.5. The molecule has 6 rings (SSSR count). The molecule has 2 aliphatic heterocycles. The fourth-order valence-corrected chi connectivity index (χ4v) is 5.71. The Hall–Kier alpha value is -3.75. The van der Waals surface area contributed by atoms with Crippen LogP contribution in [0.2, 0.25) is 0 Å². The number of rotatable bonds is 6. The second kappa shape index (κ2) is 8.43. The number of aromatic carboxylic acids is 1. The SMILES string of the molecule is Cc1cnc(Nc2cnn(C3CC4CCC(C3)N4C(=O)C3(C)CC3)c2)nc1-c1ccc(C(=O)O)cc1. The quantitative estimate of drug-likeness (QED) is 0.524. The molecule has 9 heteroatoms. The smallest absolute Gasteiger partial charge is 0.335 e. The van der Waals surface area contributed by atoms with E-state index in [0.29, 0.717) is 23.9 Å². The number of hydrogen-bond acceptors (Lipinski definition) is 6. The van der Waals surface area contributed by atoms with E-state index in [0.717, 1.165) is 61.0 Å². The number of carbonyl (C=O) groups excluding carboxylic acids is 1. The van der Waals surface area contributed by atoms with Crippen molar-refractivity contribution in [2.24, 2.45) is 5.41 Å². The van der Waals surface area contributed by atoms with Crippen molar-refractivity contribution in [1.29, 1.82) is 0 Å². The molecular formula is C27H30N6O3. The van der Waals surface area contributed by atoms with Crippen molar-refractivity contribution in [1.82, 2.24) is 24.6 Å². The minimum Gasteiger partial charge on any atom is -0.478 e. The maximum absolute atomic E-state index is 13.0. The number of benzene rings is 1. The van der Waals surface area contributed by atoms with Gasteiger partial charge in [-0.3, -0.25) is 9.48 Å². The fourth-order valence-electron chi connectivity index (χ4n) is 5.71. The summed E-state index contributed by atoms with van der Waals surface area (Å²) < 4.78 is 2.02. The molecule has 0 spiro atoms. The lowest BCUT2D eigenvalue weighted by Crippen LogP contribution is -2.49. The molecule has 2 aromatic heterocycles. The van der Waals surface area contributed by atoms with Crippen LogP contribution in [-0.2, 0) is 4.79 Å². The Labute approximate surface area is 209 Å². The summed E-state index contributed by atoms with van der Waals surface area (Å²) in [5.74, 6) is -0.139. The van der Waals surface area contributed by atoms with Crippen LogP contribution in [0.5, 0.6) is 0 Å². The van der Waals surface area contributed by atoms with E-state index in [9.17, 15) is 9.59 Å². The van der Waals surface area contributed by atoms with Gasteiger partial charge in [0.2, 0.25) is 11.9 Å². The first-order valence-electron chi connectivity index (χ1n) is 12.6. The number of carboxylic acids is 1. The van der Waals surface area contributed by atoms with Gasteiger partial charge in [0.05, 0.1) is 29.2 Å². The van der Waals surface area contributed by atoms with Gasteiger partial charge in [-0.1, -0.05) is 19.1 Å². The molecule has 2 bridgehead atoms. The van der Waals surface area contributed by atoms with Crippen molar-refractivity contribution in [3.05, 3.63) is 54.0 Å². The highest BCUT2D eigenvalue weighted by molar-refractivity contribution is 5.88. The second-order valence-corrected chi connectivity index (χ2v) is 10.7. The van der Waals surface area contributed by atoms with Crippen LogP contribution in [0.25, 0.3) is 11.3 Å². The zero-order chi connectivity index (χ0) is 25.0. The standard InChI is InChI=1S/C27H30N6O3/c1-16-13-28-26(31-23(16)17-3-5-18(6-4-17)24(34)35)30-19-14-29-32(15-19)22-11-20-7-8-21(12-22)33(20)25(36)27(2)9-10-27/h3-6,13-15,20-22H,7-12H2,1-2H3,(H,34,35)(H,28,30,31). The highest BCUT2D eigenvalue weighted by Gasteiger charge is 2.53. The lowest BCUT2D eigenvalue weighted by Gasteiger charge is -2.40. The van der Waals surface area contributed by atoms with E-state index < -0.39 is 5.97 Å². The zero-order valence-corrected chi connectivity index (χ0v) is 20.5. The first-order chi connectivity index (χ1) is 17.3. The summed E-state index contributed by atoms with van der Waals surface area (Å²) in [4.78, 5) is 35.5. The number of nitrogens with zero attached hydrogens (tertiary/aromatic N) is 5. The van der Waals surface area contributed by atoms with Gasteiger partial charge in [0.1, 0.15) is 0 Å². The summed E-state index contributed by atoms with van der Waals surface area (Å²) in [6.45, 7) is 4.03. The van der Waals surface area contributed by atoms with Gasteiger partial charge in [0.25, 0.3) is 0 Å². The number of carboxylic acid groups (broad SMARTS) is 1. The predicted octanol–water partition coefficient (Wildman–Crippen LogP) is 4.58. The number of hydrogen-bond donors (Lipinski definition) is 2. The number of amides is 1. The molecule has 4 heterocycles. The molecule has 9 nitrogen and oxygen atoms in total. The van der Waals surface area contributed by atoms with Gasteiger partial charge < -0.3 is 15.3 Å². The maximum atomic E-state index is 13.0. The Morgan fingerprint density at radius 2 is 1.75 bits per heavy atom. The molecule has 186 valence electrons. The van der Waals surface area contributed by atoms with E-state index >= 15 is 0 Å². The van der Waals surface area contributed by atoms with Crippen LogP contribution < -0.4 is 5.32 Å². The predicted molar refractivity (Wildman–Crippen MR) is 134 cm³/mol. The van der Waals surface area contributed by atoms with E-state index in [-0.39, 0.29) is 17.0 Å². The van der Waals surface area contributed by atoms with Gasteiger partial charge in [0, 0.05) is 35.5 Å². The van der Waals surface area contributed by atoms with Crippen molar-refractivity contribution in [2.75, 3.05) is 5.32 Å². The molecule has 1 amide bonds. The Bertz CT molecular complexity index is 1320. The monoisotopic (exact) mass is 486 g/mol. The average molecular weight is 487 g/mol. The topological polar surface area (TPSA) is 113 Å². The average Bonchev–Trinajstić information content (AvgIpc) is 3.36. The van der Waals surface area contributed by atoms with Crippen LogP contribution in [0.1, 0.15) is 67.4 Å². The van der Waals surface area contributed by atoms with Gasteiger partial charge >= 0.3 is 5.97 Å². The third-order valence-corrected chi connectivity index (χ3v) is 8.07. The normalized spacial score (nSPS) is 23.9. The first kappa shape index (κ1) is 22.7. The molecule has 0 radical (unpaired) electrons. The van der Waals surface area contributed by atoms with Gasteiger partial charge in [-0.15, -0.1) is 0 Å². The molecule has 3 fully saturated rings. The number of aryl methyl sites for hydroxylation is 1. The third-order valence-electron chi connectivity index (χ3n) is 8.07. The minimum atomic E-state index is -0.956. The lowest BCUT2D eigenvalue weighted by atomic mass is 9.95. The maximum Gasteiger partial charge on any atom is 0.335 e. The van der Waals surface area contributed by atoms with Crippen molar-refractivity contribution in [3.8, 4) is 11.3 Å². The van der Waals surface area contributed by atoms with Gasteiger partial charge in [-0.2, -0.15) is 5.10 Å². The van der Waals surface area contributed by atoms with E-state index in [2.05, 4.69) is 32.2 Å². The van der Waals surface area contributed by atoms with Crippen molar-refractivity contribution in [3.63, 3.8) is 0 Å². The van der Waals surface area contributed by atoms with Gasteiger partial charge in [-0.05, 0) is 63.1 Å². The van der Waals surface area contributed by atoms with Crippen molar-refractivity contribution < 1.29 is 14.7 Å². The molecule has 3 aromatic rings. The van der Waals surface area contributed by atoms with E-state index in [1.165, 1.54) is 0 Å². The van der Waals surface area contributed by atoms with Crippen LogP contribution in [0.15, 0.2) is 42.9 Å². The number of carbonyl (C=O) groups is 2. The summed E-state index contributed by atoms with van der Waals surface area (Å²) in [5, 5.41) is 17.0. The summed E-state index contributed by atoms with van der Waals surface area (Å²) in [6.07, 6.45) is 11.6. The highest BCUT2D eigenvalue weighted by Crippen LogP contribution is 2.51. The Balaban J connectivity index is 1.16. The molecule has 1 aliphatic carbocycles. The van der Waals surface area contributed by atoms with Crippen molar-refractivity contribution >= 4 is 23.5 Å². The third kappa shape index (κ3) is 4.02. The summed E-state index contributed by atoms with van der Waals surface area (Å²) >= 11 is 0. The molecule has 36 heavy (non-hydrogen) atoms. The summed E-state index contributed by atoms with van der Waals surface area (Å²) in [5.41, 5.74) is 3.41. The van der Waals surface area contributed by atoms with Crippen LogP contribution in [0.4, 0.5) is 11.6 Å². The van der Waals surface area contributed by atoms with Gasteiger partial charge in [-0.25, -0.2) is 14.8 Å². The van der Waals surface area contributed by atoms with E-state index in [1.54, 1.807) is 36.7 Å². The summed E-state index contributed by atoms with van der Waals surface area (Å²) in [6, 6.07) is 7.58. The summed E-state index contributed by atoms with van der Waals surface area (Å²) in [7, 11) is 0. The van der Waals surface area contributed by atoms with Crippen LogP contribution in [0.3, 0.4) is 0 Å². The molecule has 2 atom stereocenters. The van der Waals surface area contributed by atoms with Crippen molar-refractivity contribution in [2.45, 2.75) is 70.5 Å². The largest absolute Gasteiger partial charge is 0.478 e. The van der Waals surface area contributed by atoms with Gasteiger partial charge in [0.15, 0.2) is 0 Å². The van der Waals surface area contributed by atoms with Crippen LogP contribution >= 0.6 is 0 Å². The lowest BCUT2D eigenvalue weighted by molar-refractivity contribution is -0.141. The molecule has 2 saturated heterocycles. The number of fused-ring (bicyclic) bond motifs is 2. The Kier molecular flexibility index (Phi) is 5.31. The number of aromatic nitrogens is 4. The molecule has 2 N–H and O–H groups in total. The molecule has 3 aliphatic rings. The first-order valence-corrected chi connectivity index (χ1v) is 12.6. The molecule has 1 aromatic carbocycles. The molecule has 1 saturated carbocycles. The van der Waals surface area contributed by atoms with E-state index in [1.807, 2.05) is 17.8 Å². The minimum absolute atomic E-state index is 0.109. The van der Waals surface area contributed by atoms with Crippen LogP contribution in [0, 0.1) is 12.3 Å². The second-order valence-electron chi connectivity index (χ2n) is 10.7.